The topological polar surface area (TPSA) is 139 Å². The summed E-state index contributed by atoms with van der Waals surface area (Å²) in [4.78, 5) is 38.1. The number of H-pyrrole nitrogens is 1. The number of aromatic amines is 1. The molecule has 32 heavy (non-hydrogen) atoms. The Bertz CT molecular complexity index is 1260. The van der Waals surface area contributed by atoms with E-state index in [9.17, 15) is 18.0 Å². The molecule has 0 saturated carbocycles. The highest BCUT2D eigenvalue weighted by Gasteiger charge is 2.26. The van der Waals surface area contributed by atoms with Crippen molar-refractivity contribution in [3.63, 3.8) is 0 Å². The Hall–Kier alpha value is -3.41. The van der Waals surface area contributed by atoms with E-state index in [1.165, 1.54) is 25.6 Å². The Morgan fingerprint density at radius 3 is 2.81 bits per heavy atom. The number of aromatic nitrogens is 4. The zero-order valence-electron chi connectivity index (χ0n) is 17.7. The van der Waals surface area contributed by atoms with Crippen molar-refractivity contribution in [2.24, 2.45) is 0 Å². The molecule has 170 valence electrons. The number of ether oxygens (including phenoxy) is 1. The van der Waals surface area contributed by atoms with E-state index in [1.807, 2.05) is 12.1 Å². The Kier molecular flexibility index (Phi) is 5.87. The Labute approximate surface area is 184 Å². The van der Waals surface area contributed by atoms with Crippen LogP contribution in [-0.4, -0.2) is 70.7 Å². The third-order valence-corrected chi connectivity index (χ3v) is 6.41. The maximum Gasteiger partial charge on any atom is 0.409 e. The molecular formula is C20H24N6O5S. The van der Waals surface area contributed by atoms with Gasteiger partial charge in [-0.2, -0.15) is 0 Å². The third kappa shape index (κ3) is 4.59. The normalized spacial score (nSPS) is 16.8. The maximum atomic E-state index is 12.3. The molecule has 4 heterocycles. The Balaban J connectivity index is 1.43. The van der Waals surface area contributed by atoms with Crippen LogP contribution in [0.1, 0.15) is 40.6 Å². The number of piperidine rings is 1. The number of rotatable bonds is 5. The molecule has 1 aliphatic rings. The van der Waals surface area contributed by atoms with Gasteiger partial charge in [-0.1, -0.05) is 0 Å². The third-order valence-electron chi connectivity index (χ3n) is 5.41. The van der Waals surface area contributed by atoms with Crippen molar-refractivity contribution in [3.8, 4) is 0 Å². The Morgan fingerprint density at radius 1 is 1.28 bits per heavy atom. The van der Waals surface area contributed by atoms with Crippen molar-refractivity contribution in [2.45, 2.75) is 25.3 Å². The molecule has 4 rings (SSSR count). The van der Waals surface area contributed by atoms with E-state index < -0.39 is 15.9 Å². The van der Waals surface area contributed by atoms with Gasteiger partial charge in [0.25, 0.3) is 5.91 Å². The van der Waals surface area contributed by atoms with Gasteiger partial charge < -0.3 is 19.9 Å². The molecule has 0 bridgehead atoms. The summed E-state index contributed by atoms with van der Waals surface area (Å²) in [6.45, 7) is 1.36. The van der Waals surface area contributed by atoms with Crippen LogP contribution >= 0.6 is 0 Å². The summed E-state index contributed by atoms with van der Waals surface area (Å²) in [5.74, 6) is 0.226. The molecule has 1 saturated heterocycles. The molecule has 3 aromatic heterocycles. The molecule has 0 unspecified atom stereocenters. The number of amides is 2. The van der Waals surface area contributed by atoms with E-state index in [1.54, 1.807) is 4.90 Å². The number of fused-ring (bicyclic) bond motifs is 1. The van der Waals surface area contributed by atoms with Crippen molar-refractivity contribution in [3.05, 3.63) is 47.7 Å². The number of imidazole rings is 1. The average molecular weight is 461 g/mol. The molecule has 11 nitrogen and oxygen atoms in total. The number of nitrogens with one attached hydrogen (secondary N) is 2. The maximum absolute atomic E-state index is 12.3. The van der Waals surface area contributed by atoms with Crippen molar-refractivity contribution in [1.82, 2.24) is 29.1 Å². The predicted molar refractivity (Wildman–Crippen MR) is 116 cm³/mol. The minimum absolute atomic E-state index is 0.109. The fourth-order valence-corrected chi connectivity index (χ4v) is 4.35. The van der Waals surface area contributed by atoms with Crippen LogP contribution in [0.3, 0.4) is 0 Å². The number of nitrogens with zero attached hydrogens (tertiary/aromatic N) is 4. The first-order chi connectivity index (χ1) is 15.2. The van der Waals surface area contributed by atoms with Crippen LogP contribution in [0, 0.1) is 0 Å². The van der Waals surface area contributed by atoms with Crippen LogP contribution < -0.4 is 5.32 Å². The summed E-state index contributed by atoms with van der Waals surface area (Å²) >= 11 is 0. The summed E-state index contributed by atoms with van der Waals surface area (Å²) in [6.07, 6.45) is 5.12. The first kappa shape index (κ1) is 21.8. The largest absolute Gasteiger partial charge is 0.453 e. The van der Waals surface area contributed by atoms with Crippen molar-refractivity contribution in [2.75, 3.05) is 26.5 Å². The molecule has 2 N–H and O–H groups in total. The van der Waals surface area contributed by atoms with Gasteiger partial charge in [-0.3, -0.25) is 8.77 Å². The zero-order chi connectivity index (χ0) is 22.9. The molecule has 0 radical (unpaired) electrons. The van der Waals surface area contributed by atoms with Crippen molar-refractivity contribution < 1.29 is 22.7 Å². The lowest BCUT2D eigenvalue weighted by molar-refractivity contribution is 0.0949. The first-order valence-electron chi connectivity index (χ1n) is 10.1. The second-order valence-electron chi connectivity index (χ2n) is 7.72. The fourth-order valence-electron chi connectivity index (χ4n) is 3.77. The number of hydrogen-bond acceptors (Lipinski definition) is 7. The van der Waals surface area contributed by atoms with Gasteiger partial charge in [0.1, 0.15) is 11.3 Å². The first-order valence-corrected chi connectivity index (χ1v) is 11.9. The number of hydrogen-bond donors (Lipinski definition) is 2. The van der Waals surface area contributed by atoms with Crippen LogP contribution in [0.4, 0.5) is 4.79 Å². The van der Waals surface area contributed by atoms with Gasteiger partial charge in [0.2, 0.25) is 10.0 Å². The predicted octanol–water partition coefficient (Wildman–Crippen LogP) is 1.44. The van der Waals surface area contributed by atoms with Gasteiger partial charge in [-0.05, 0) is 31.0 Å². The second kappa shape index (κ2) is 8.61. The van der Waals surface area contributed by atoms with E-state index in [2.05, 4.69) is 20.3 Å². The highest BCUT2D eigenvalue weighted by atomic mass is 32.2. The summed E-state index contributed by atoms with van der Waals surface area (Å²) < 4.78 is 28.9. The van der Waals surface area contributed by atoms with E-state index in [0.717, 1.165) is 28.8 Å². The summed E-state index contributed by atoms with van der Waals surface area (Å²) in [6, 6.07) is 5.21. The molecule has 0 aliphatic carbocycles. The molecule has 0 aromatic carbocycles. The van der Waals surface area contributed by atoms with Crippen molar-refractivity contribution in [1.29, 1.82) is 0 Å². The van der Waals surface area contributed by atoms with Crippen LogP contribution in [-0.2, 0) is 21.3 Å². The Morgan fingerprint density at radius 2 is 2.09 bits per heavy atom. The number of methoxy groups -OCH3 is 1. The summed E-state index contributed by atoms with van der Waals surface area (Å²) in [5, 5.41) is 2.72. The summed E-state index contributed by atoms with van der Waals surface area (Å²) in [7, 11) is -2.06. The highest BCUT2D eigenvalue weighted by Crippen LogP contribution is 2.27. The molecule has 1 fully saturated rings. The standard InChI is InChI=1S/C20H24N6O5S/c1-31-20(28)25-8-3-4-13(11-25)15-5-6-16-18(23-15)24-17(22-16)10-21-19(27)14-7-9-26(12-14)32(2,29)30/h5-7,9,12-13H,3-4,8,10-11H2,1-2H3,(H,21,27)(H,22,23,24)/t13-/m0/s1. The van der Waals surface area contributed by atoms with E-state index in [-0.39, 0.29) is 24.1 Å². The monoisotopic (exact) mass is 460 g/mol. The number of likely N-dealkylation sites (tertiary alicyclic amines) is 1. The number of pyridine rings is 1. The van der Waals surface area contributed by atoms with Gasteiger partial charge in [0.05, 0.1) is 25.5 Å². The highest BCUT2D eigenvalue weighted by molar-refractivity contribution is 7.89. The molecule has 1 aliphatic heterocycles. The lowest BCUT2D eigenvalue weighted by Crippen LogP contribution is -2.39. The molecule has 3 aromatic rings. The van der Waals surface area contributed by atoms with Gasteiger partial charge >= 0.3 is 6.09 Å². The van der Waals surface area contributed by atoms with Crippen LogP contribution in [0.2, 0.25) is 0 Å². The van der Waals surface area contributed by atoms with Crippen LogP contribution in [0.5, 0.6) is 0 Å². The lowest BCUT2D eigenvalue weighted by Gasteiger charge is -2.31. The fraction of sp³-hybridized carbons (Fsp3) is 0.400. The zero-order valence-corrected chi connectivity index (χ0v) is 18.6. The minimum atomic E-state index is -3.44. The molecule has 1 atom stereocenters. The quantitative estimate of drug-likeness (QED) is 0.587. The average Bonchev–Trinajstić information content (AvgIpc) is 3.43. The van der Waals surface area contributed by atoms with Gasteiger partial charge in [-0.25, -0.2) is 23.2 Å². The van der Waals surface area contributed by atoms with Gasteiger partial charge in [0, 0.05) is 37.1 Å². The summed E-state index contributed by atoms with van der Waals surface area (Å²) in [5.41, 5.74) is 2.37. The van der Waals surface area contributed by atoms with E-state index >= 15 is 0 Å². The minimum Gasteiger partial charge on any atom is -0.453 e. The van der Waals surface area contributed by atoms with Crippen LogP contribution in [0.15, 0.2) is 30.6 Å². The van der Waals surface area contributed by atoms with E-state index in [0.29, 0.717) is 30.1 Å². The molecule has 0 spiro atoms. The number of carbonyl (C=O) groups is 2. The van der Waals surface area contributed by atoms with Crippen molar-refractivity contribution >= 4 is 33.2 Å². The second-order valence-corrected chi connectivity index (χ2v) is 9.61. The molecular weight excluding hydrogens is 436 g/mol. The van der Waals surface area contributed by atoms with Crippen LogP contribution in [0.25, 0.3) is 11.2 Å². The number of carbonyl (C=O) groups excluding carboxylic acids is 2. The van der Waals surface area contributed by atoms with E-state index in [4.69, 9.17) is 4.74 Å². The molecule has 2 amide bonds. The molecule has 12 heteroatoms. The SMILES string of the molecule is COC(=O)N1CCC[C@H](c2ccc3nc(CNC(=O)c4ccn(S(C)(=O)=O)c4)[nH]c3n2)C1. The lowest BCUT2D eigenvalue weighted by atomic mass is 9.94. The van der Waals surface area contributed by atoms with Gasteiger partial charge in [0.15, 0.2) is 5.65 Å². The van der Waals surface area contributed by atoms with Gasteiger partial charge in [-0.15, -0.1) is 0 Å². The smallest absolute Gasteiger partial charge is 0.409 e.